The molecule has 0 saturated carbocycles. The smallest absolute Gasteiger partial charge is 0.0374 e. The Morgan fingerprint density at radius 1 is 0.952 bits per heavy atom. The van der Waals surface area contributed by atoms with Crippen molar-refractivity contribution in [3.8, 4) is 0 Å². The van der Waals surface area contributed by atoms with Crippen molar-refractivity contribution in [1.29, 1.82) is 0 Å². The van der Waals surface area contributed by atoms with Gasteiger partial charge in [0.15, 0.2) is 0 Å². The topological polar surface area (TPSA) is 12.0 Å². The van der Waals surface area contributed by atoms with E-state index in [1.807, 2.05) is 0 Å². The Bertz CT molecular complexity index is 584. The lowest BCUT2D eigenvalue weighted by Gasteiger charge is -2.30. The van der Waals surface area contributed by atoms with E-state index >= 15 is 0 Å². The van der Waals surface area contributed by atoms with Gasteiger partial charge >= 0.3 is 0 Å². The largest absolute Gasteiger partial charge is 0.382 e. The summed E-state index contributed by atoms with van der Waals surface area (Å²) >= 11 is 0. The Labute approximate surface area is 129 Å². The lowest BCUT2D eigenvalue weighted by atomic mass is 9.79. The molecule has 0 heterocycles. The molecule has 0 aliphatic heterocycles. The molecule has 0 aromatic heterocycles. The van der Waals surface area contributed by atoms with Gasteiger partial charge in [-0.05, 0) is 55.4 Å². The highest BCUT2D eigenvalue weighted by atomic mass is 14.9. The van der Waals surface area contributed by atoms with Crippen LogP contribution in [0.25, 0.3) is 0 Å². The lowest BCUT2D eigenvalue weighted by molar-refractivity contribution is 0.450. The van der Waals surface area contributed by atoms with Crippen LogP contribution in [0.5, 0.6) is 0 Å². The highest BCUT2D eigenvalue weighted by molar-refractivity contribution is 5.54. The van der Waals surface area contributed by atoms with Crippen molar-refractivity contribution in [2.45, 2.75) is 52.5 Å². The van der Waals surface area contributed by atoms with Crippen molar-refractivity contribution < 1.29 is 0 Å². The molecule has 0 aliphatic carbocycles. The zero-order valence-corrected chi connectivity index (χ0v) is 13.9. The average Bonchev–Trinajstić information content (AvgIpc) is 2.44. The van der Waals surface area contributed by atoms with Gasteiger partial charge in [-0.25, -0.2) is 0 Å². The number of hydrogen-bond acceptors (Lipinski definition) is 1. The summed E-state index contributed by atoms with van der Waals surface area (Å²) in [5.74, 6) is 0. The molecule has 1 heteroatoms. The second kappa shape index (κ2) is 6.34. The summed E-state index contributed by atoms with van der Waals surface area (Å²) < 4.78 is 0. The van der Waals surface area contributed by atoms with Gasteiger partial charge in [0.2, 0.25) is 0 Å². The molecule has 1 nitrogen and oxygen atoms in total. The van der Waals surface area contributed by atoms with Crippen LogP contribution in [-0.2, 0) is 5.41 Å². The zero-order valence-electron chi connectivity index (χ0n) is 13.9. The molecular formula is C20H27N. The van der Waals surface area contributed by atoms with Gasteiger partial charge in [-0.1, -0.05) is 56.3 Å². The molecule has 21 heavy (non-hydrogen) atoms. The molecule has 2 aromatic rings. The molecule has 0 fully saturated rings. The summed E-state index contributed by atoms with van der Waals surface area (Å²) in [5, 5.41) is 3.68. The molecule has 0 saturated heterocycles. The molecule has 1 N–H and O–H groups in total. The van der Waals surface area contributed by atoms with E-state index in [1.54, 1.807) is 0 Å². The van der Waals surface area contributed by atoms with E-state index in [0.29, 0.717) is 6.04 Å². The molecule has 2 rings (SSSR count). The Kier molecular flexibility index (Phi) is 4.72. The van der Waals surface area contributed by atoms with E-state index in [4.69, 9.17) is 0 Å². The van der Waals surface area contributed by atoms with Gasteiger partial charge in [0.05, 0.1) is 0 Å². The first kappa shape index (κ1) is 15.6. The van der Waals surface area contributed by atoms with Crippen LogP contribution in [0.2, 0.25) is 0 Å². The molecule has 0 radical (unpaired) electrons. The van der Waals surface area contributed by atoms with Gasteiger partial charge in [0, 0.05) is 11.7 Å². The van der Waals surface area contributed by atoms with E-state index in [0.717, 1.165) is 6.42 Å². The van der Waals surface area contributed by atoms with Crippen LogP contribution in [0.1, 0.15) is 43.9 Å². The summed E-state index contributed by atoms with van der Waals surface area (Å²) in [6, 6.07) is 17.7. The zero-order chi connectivity index (χ0) is 15.5. The van der Waals surface area contributed by atoms with Crippen LogP contribution in [0.15, 0.2) is 48.5 Å². The SMILES string of the molecule is Cc1cccc(NC(C)CC(C)(C)c2ccccc2)c1C. The van der Waals surface area contributed by atoms with Gasteiger partial charge in [0.25, 0.3) is 0 Å². The molecule has 0 amide bonds. The fraction of sp³-hybridized carbons (Fsp3) is 0.400. The molecule has 0 bridgehead atoms. The standard InChI is InChI=1S/C20H27N/c1-15-10-9-13-19(17(15)3)21-16(2)14-20(4,5)18-11-7-6-8-12-18/h6-13,16,21H,14H2,1-5H3. The molecule has 0 aliphatic rings. The highest BCUT2D eigenvalue weighted by Crippen LogP contribution is 2.29. The minimum atomic E-state index is 0.172. The quantitative estimate of drug-likeness (QED) is 0.766. The van der Waals surface area contributed by atoms with Crippen LogP contribution in [0.3, 0.4) is 0 Å². The van der Waals surface area contributed by atoms with Crippen molar-refractivity contribution in [2.24, 2.45) is 0 Å². The third-order valence-corrected chi connectivity index (χ3v) is 4.38. The summed E-state index contributed by atoms with van der Waals surface area (Å²) in [4.78, 5) is 0. The summed E-state index contributed by atoms with van der Waals surface area (Å²) in [7, 11) is 0. The maximum absolute atomic E-state index is 3.68. The van der Waals surface area contributed by atoms with E-state index in [1.165, 1.54) is 22.4 Å². The Hall–Kier alpha value is -1.76. The Morgan fingerprint density at radius 2 is 1.62 bits per heavy atom. The number of hydrogen-bond donors (Lipinski definition) is 1. The highest BCUT2D eigenvalue weighted by Gasteiger charge is 2.23. The first-order valence-corrected chi connectivity index (χ1v) is 7.78. The summed E-state index contributed by atoms with van der Waals surface area (Å²) in [6.45, 7) is 11.3. The van der Waals surface area contributed by atoms with Gasteiger partial charge in [0.1, 0.15) is 0 Å². The van der Waals surface area contributed by atoms with Crippen molar-refractivity contribution in [3.05, 3.63) is 65.2 Å². The van der Waals surface area contributed by atoms with Crippen LogP contribution in [-0.4, -0.2) is 6.04 Å². The maximum Gasteiger partial charge on any atom is 0.0374 e. The first-order chi connectivity index (χ1) is 9.90. The van der Waals surface area contributed by atoms with E-state index in [9.17, 15) is 0 Å². The molecular weight excluding hydrogens is 254 g/mol. The molecule has 112 valence electrons. The van der Waals surface area contributed by atoms with Gasteiger partial charge < -0.3 is 5.32 Å². The maximum atomic E-state index is 3.68. The van der Waals surface area contributed by atoms with Crippen molar-refractivity contribution in [3.63, 3.8) is 0 Å². The molecule has 1 unspecified atom stereocenters. The third kappa shape index (κ3) is 3.87. The number of benzene rings is 2. The molecule has 1 atom stereocenters. The monoisotopic (exact) mass is 281 g/mol. The number of nitrogens with one attached hydrogen (secondary N) is 1. The molecule has 0 spiro atoms. The predicted octanol–water partition coefficient (Wildman–Crippen LogP) is 5.47. The molecule has 2 aromatic carbocycles. The fourth-order valence-corrected chi connectivity index (χ4v) is 3.00. The third-order valence-electron chi connectivity index (χ3n) is 4.38. The van der Waals surface area contributed by atoms with Gasteiger partial charge in [-0.2, -0.15) is 0 Å². The van der Waals surface area contributed by atoms with E-state index < -0.39 is 0 Å². The summed E-state index contributed by atoms with van der Waals surface area (Å²) in [5.41, 5.74) is 5.52. The second-order valence-corrected chi connectivity index (χ2v) is 6.75. The van der Waals surface area contributed by atoms with Crippen LogP contribution in [0.4, 0.5) is 5.69 Å². The van der Waals surface area contributed by atoms with Gasteiger partial charge in [-0.15, -0.1) is 0 Å². The normalized spacial score (nSPS) is 13.0. The predicted molar refractivity (Wildman–Crippen MR) is 93.1 cm³/mol. The number of anilines is 1. The minimum Gasteiger partial charge on any atom is -0.382 e. The fourth-order valence-electron chi connectivity index (χ4n) is 3.00. The number of rotatable bonds is 5. The van der Waals surface area contributed by atoms with Gasteiger partial charge in [-0.3, -0.25) is 0 Å². The van der Waals surface area contributed by atoms with Crippen molar-refractivity contribution in [1.82, 2.24) is 0 Å². The number of aryl methyl sites for hydroxylation is 1. The second-order valence-electron chi connectivity index (χ2n) is 6.75. The summed E-state index contributed by atoms with van der Waals surface area (Å²) in [6.07, 6.45) is 1.10. The average molecular weight is 281 g/mol. The Morgan fingerprint density at radius 3 is 2.29 bits per heavy atom. The first-order valence-electron chi connectivity index (χ1n) is 7.78. The van der Waals surface area contributed by atoms with Crippen LogP contribution < -0.4 is 5.32 Å². The van der Waals surface area contributed by atoms with Crippen LogP contribution in [0, 0.1) is 13.8 Å². The van der Waals surface area contributed by atoms with Crippen molar-refractivity contribution in [2.75, 3.05) is 5.32 Å². The van der Waals surface area contributed by atoms with E-state index in [2.05, 4.69) is 88.5 Å². The van der Waals surface area contributed by atoms with Crippen LogP contribution >= 0.6 is 0 Å². The van der Waals surface area contributed by atoms with E-state index in [-0.39, 0.29) is 5.41 Å². The Balaban J connectivity index is 2.08. The lowest BCUT2D eigenvalue weighted by Crippen LogP contribution is -2.28. The minimum absolute atomic E-state index is 0.172. The van der Waals surface area contributed by atoms with Crippen molar-refractivity contribution >= 4 is 5.69 Å².